The molecular formula is C15H25NO2. The van der Waals surface area contributed by atoms with Crippen LogP contribution in [0, 0.1) is 0 Å². The molecule has 0 bridgehead atoms. The molecule has 0 spiro atoms. The van der Waals surface area contributed by atoms with Crippen molar-refractivity contribution in [2.24, 2.45) is 0 Å². The van der Waals surface area contributed by atoms with E-state index >= 15 is 0 Å². The molecule has 1 rings (SSSR count). The van der Waals surface area contributed by atoms with Crippen molar-refractivity contribution in [3.05, 3.63) is 23.0 Å². The molecule has 3 heteroatoms. The Hall–Kier alpha value is -1.25. The zero-order valence-electron chi connectivity index (χ0n) is 12.5. The summed E-state index contributed by atoms with van der Waals surface area (Å²) in [5.41, 5.74) is 2.99. The second kappa shape index (κ2) is 5.59. The van der Waals surface area contributed by atoms with Crippen molar-refractivity contribution in [3.8, 4) is 0 Å². The Morgan fingerprint density at radius 3 is 2.22 bits per heavy atom. The van der Waals surface area contributed by atoms with Gasteiger partial charge >= 0.3 is 5.97 Å². The van der Waals surface area contributed by atoms with Gasteiger partial charge in [-0.15, -0.1) is 0 Å². The van der Waals surface area contributed by atoms with Gasteiger partial charge in [0.25, 0.3) is 0 Å². The highest BCUT2D eigenvalue weighted by atomic mass is 16.5. The lowest BCUT2D eigenvalue weighted by molar-refractivity contribution is 0.0525. The molecule has 0 atom stereocenters. The number of hydrogen-bond donors (Lipinski definition) is 0. The fraction of sp³-hybridized carbons (Fsp3) is 0.667. The summed E-state index contributed by atoms with van der Waals surface area (Å²) in [7, 11) is 0. The Morgan fingerprint density at radius 2 is 1.83 bits per heavy atom. The van der Waals surface area contributed by atoms with Gasteiger partial charge in [-0.3, -0.25) is 0 Å². The topological polar surface area (TPSA) is 31.2 Å². The lowest BCUT2D eigenvalue weighted by atomic mass is 10.1. The molecule has 102 valence electrons. The predicted octanol–water partition coefficient (Wildman–Crippen LogP) is 3.54. The molecule has 1 heterocycles. The van der Waals surface area contributed by atoms with Crippen LogP contribution >= 0.6 is 0 Å². The molecular weight excluding hydrogens is 226 g/mol. The SMILES string of the molecule is CCOC(=O)c1cc(CC)n(C(C)(C)C)c1CC. The Labute approximate surface area is 110 Å². The maximum atomic E-state index is 12.0. The van der Waals surface area contributed by atoms with E-state index in [9.17, 15) is 4.79 Å². The van der Waals surface area contributed by atoms with E-state index < -0.39 is 0 Å². The third kappa shape index (κ3) is 2.77. The van der Waals surface area contributed by atoms with E-state index in [0.717, 1.165) is 24.1 Å². The van der Waals surface area contributed by atoms with Crippen LogP contribution in [0.1, 0.15) is 63.3 Å². The number of rotatable bonds is 4. The molecule has 0 unspecified atom stereocenters. The Balaban J connectivity index is 3.38. The first kappa shape index (κ1) is 14.8. The highest BCUT2D eigenvalue weighted by Gasteiger charge is 2.25. The van der Waals surface area contributed by atoms with Crippen molar-refractivity contribution in [1.29, 1.82) is 0 Å². The molecule has 3 nitrogen and oxygen atoms in total. The van der Waals surface area contributed by atoms with E-state index in [1.165, 1.54) is 5.69 Å². The number of esters is 1. The van der Waals surface area contributed by atoms with Gasteiger partial charge in [0.2, 0.25) is 0 Å². The largest absolute Gasteiger partial charge is 0.462 e. The van der Waals surface area contributed by atoms with Crippen molar-refractivity contribution >= 4 is 5.97 Å². The van der Waals surface area contributed by atoms with E-state index in [0.29, 0.717) is 6.61 Å². The number of hydrogen-bond acceptors (Lipinski definition) is 2. The molecule has 0 N–H and O–H groups in total. The Bertz CT molecular complexity index is 424. The summed E-state index contributed by atoms with van der Waals surface area (Å²) in [6, 6.07) is 1.99. The first-order valence-corrected chi connectivity index (χ1v) is 6.77. The molecule has 18 heavy (non-hydrogen) atoms. The quantitative estimate of drug-likeness (QED) is 0.766. The van der Waals surface area contributed by atoms with E-state index in [4.69, 9.17) is 4.74 Å². The summed E-state index contributed by atoms with van der Waals surface area (Å²) in [6.07, 6.45) is 1.76. The molecule has 1 aromatic heterocycles. The molecule has 0 aliphatic rings. The standard InChI is InChI=1S/C15H25NO2/c1-7-11-10-12(14(17)18-9-3)13(8-2)16(11)15(4,5)6/h10H,7-9H2,1-6H3. The van der Waals surface area contributed by atoms with Crippen molar-refractivity contribution in [1.82, 2.24) is 4.57 Å². The molecule has 0 fully saturated rings. The van der Waals surface area contributed by atoms with E-state index in [1.54, 1.807) is 0 Å². The highest BCUT2D eigenvalue weighted by Crippen LogP contribution is 2.26. The van der Waals surface area contributed by atoms with Crippen LogP contribution in [0.4, 0.5) is 0 Å². The average Bonchev–Trinajstić information content (AvgIpc) is 2.67. The van der Waals surface area contributed by atoms with Gasteiger partial charge < -0.3 is 9.30 Å². The third-order valence-electron chi connectivity index (χ3n) is 3.04. The van der Waals surface area contributed by atoms with Gasteiger partial charge in [-0.2, -0.15) is 0 Å². The first-order valence-electron chi connectivity index (χ1n) is 6.77. The van der Waals surface area contributed by atoms with E-state index in [-0.39, 0.29) is 11.5 Å². The Kier molecular flexibility index (Phi) is 4.60. The fourth-order valence-electron chi connectivity index (χ4n) is 2.44. The van der Waals surface area contributed by atoms with Gasteiger partial charge in [0.15, 0.2) is 0 Å². The lowest BCUT2D eigenvalue weighted by Crippen LogP contribution is -2.26. The minimum Gasteiger partial charge on any atom is -0.462 e. The zero-order valence-corrected chi connectivity index (χ0v) is 12.5. The molecule has 0 saturated heterocycles. The van der Waals surface area contributed by atoms with Gasteiger partial charge in [0.05, 0.1) is 12.2 Å². The molecule has 1 aromatic rings. The van der Waals surface area contributed by atoms with Crippen LogP contribution in [0.3, 0.4) is 0 Å². The predicted molar refractivity (Wildman–Crippen MR) is 74.1 cm³/mol. The van der Waals surface area contributed by atoms with Crippen LogP contribution in [0.2, 0.25) is 0 Å². The second-order valence-corrected chi connectivity index (χ2v) is 5.43. The number of aryl methyl sites for hydroxylation is 1. The van der Waals surface area contributed by atoms with Crippen LogP contribution in [0.5, 0.6) is 0 Å². The van der Waals surface area contributed by atoms with Gasteiger partial charge in [-0.1, -0.05) is 13.8 Å². The van der Waals surface area contributed by atoms with E-state index in [1.807, 2.05) is 13.0 Å². The number of carbonyl (C=O) groups excluding carboxylic acids is 1. The van der Waals surface area contributed by atoms with Crippen LogP contribution in [-0.2, 0) is 23.1 Å². The van der Waals surface area contributed by atoms with Gasteiger partial charge in [-0.05, 0) is 46.6 Å². The Morgan fingerprint density at radius 1 is 1.22 bits per heavy atom. The van der Waals surface area contributed by atoms with E-state index in [2.05, 4.69) is 39.2 Å². The van der Waals surface area contributed by atoms with Crippen LogP contribution in [-0.4, -0.2) is 17.1 Å². The minimum atomic E-state index is -0.202. The van der Waals surface area contributed by atoms with Gasteiger partial charge in [0, 0.05) is 16.9 Å². The normalized spacial score (nSPS) is 11.7. The van der Waals surface area contributed by atoms with Crippen molar-refractivity contribution in [2.75, 3.05) is 6.61 Å². The highest BCUT2D eigenvalue weighted by molar-refractivity contribution is 5.91. The number of ether oxygens (including phenoxy) is 1. The number of nitrogens with zero attached hydrogens (tertiary/aromatic N) is 1. The second-order valence-electron chi connectivity index (χ2n) is 5.43. The molecule has 0 saturated carbocycles. The first-order chi connectivity index (χ1) is 8.36. The monoisotopic (exact) mass is 251 g/mol. The average molecular weight is 251 g/mol. The van der Waals surface area contributed by atoms with Crippen molar-refractivity contribution in [2.45, 2.75) is 59.9 Å². The van der Waals surface area contributed by atoms with Gasteiger partial charge in [0.1, 0.15) is 0 Å². The maximum absolute atomic E-state index is 12.0. The molecule has 0 amide bonds. The summed E-state index contributed by atoms with van der Waals surface area (Å²) in [4.78, 5) is 12.0. The van der Waals surface area contributed by atoms with Gasteiger partial charge in [-0.25, -0.2) is 4.79 Å². The van der Waals surface area contributed by atoms with Crippen LogP contribution in [0.15, 0.2) is 6.07 Å². The fourth-order valence-corrected chi connectivity index (χ4v) is 2.44. The summed E-state index contributed by atoms with van der Waals surface area (Å²) >= 11 is 0. The number of carbonyl (C=O) groups is 1. The summed E-state index contributed by atoms with van der Waals surface area (Å²) in [5, 5.41) is 0. The summed E-state index contributed by atoms with van der Waals surface area (Å²) in [6.45, 7) is 13.0. The molecule has 0 radical (unpaired) electrons. The van der Waals surface area contributed by atoms with Crippen molar-refractivity contribution < 1.29 is 9.53 Å². The lowest BCUT2D eigenvalue weighted by Gasteiger charge is -2.27. The molecule has 0 aromatic carbocycles. The minimum absolute atomic E-state index is 0.0125. The number of aromatic nitrogens is 1. The van der Waals surface area contributed by atoms with Crippen molar-refractivity contribution in [3.63, 3.8) is 0 Å². The molecule has 0 aliphatic heterocycles. The summed E-state index contributed by atoms with van der Waals surface area (Å²) < 4.78 is 7.42. The molecule has 0 aliphatic carbocycles. The smallest absolute Gasteiger partial charge is 0.339 e. The zero-order chi connectivity index (χ0) is 13.9. The van der Waals surface area contributed by atoms with Crippen LogP contribution in [0.25, 0.3) is 0 Å². The van der Waals surface area contributed by atoms with Crippen LogP contribution < -0.4 is 0 Å². The summed E-state index contributed by atoms with van der Waals surface area (Å²) in [5.74, 6) is -0.202. The third-order valence-corrected chi connectivity index (χ3v) is 3.04. The maximum Gasteiger partial charge on any atom is 0.339 e.